The molecule has 1 heterocycles. The van der Waals surface area contributed by atoms with E-state index in [4.69, 9.17) is 0 Å². The summed E-state index contributed by atoms with van der Waals surface area (Å²) < 4.78 is 37.3. The van der Waals surface area contributed by atoms with Crippen LogP contribution < -0.4 is 5.32 Å². The number of hydrogen-bond donors (Lipinski definition) is 1. The van der Waals surface area contributed by atoms with Crippen molar-refractivity contribution in [3.63, 3.8) is 0 Å². The summed E-state index contributed by atoms with van der Waals surface area (Å²) in [4.78, 5) is 1.56. The van der Waals surface area contributed by atoms with Crippen molar-refractivity contribution in [2.45, 2.75) is 63.2 Å². The molecule has 0 spiro atoms. The molecule has 0 radical (unpaired) electrons. The molecule has 126 valence electrons. The number of fused-ring (bicyclic) bond motifs is 5. The summed E-state index contributed by atoms with van der Waals surface area (Å²) in [5, 5.41) is 3.84. The Morgan fingerprint density at radius 1 is 0.909 bits per heavy atom. The molecule has 1 N–H and O–H groups in total. The van der Waals surface area contributed by atoms with Crippen LogP contribution in [0.5, 0.6) is 0 Å². The quantitative estimate of drug-likeness (QED) is 0.858. The van der Waals surface area contributed by atoms with E-state index in [1.165, 1.54) is 32.1 Å². The Morgan fingerprint density at radius 3 is 2.36 bits per heavy atom. The van der Waals surface area contributed by atoms with E-state index in [2.05, 4.69) is 5.32 Å². The molecule has 5 atom stereocenters. The van der Waals surface area contributed by atoms with E-state index in [0.29, 0.717) is 25.2 Å². The monoisotopic (exact) mass is 316 g/mol. The molecule has 4 fully saturated rings. The van der Waals surface area contributed by atoms with E-state index in [-0.39, 0.29) is 0 Å². The average Bonchev–Trinajstić information content (AvgIpc) is 3.11. The molecular weight excluding hydrogens is 289 g/mol. The van der Waals surface area contributed by atoms with Crippen LogP contribution in [0, 0.1) is 23.7 Å². The lowest BCUT2D eigenvalue weighted by atomic mass is 9.78. The zero-order valence-electron chi connectivity index (χ0n) is 13.1. The number of alkyl halides is 3. The Labute approximate surface area is 130 Å². The highest BCUT2D eigenvalue weighted by Crippen LogP contribution is 2.58. The van der Waals surface area contributed by atoms with Gasteiger partial charge in [0, 0.05) is 12.1 Å². The number of piperidine rings is 1. The number of halogens is 3. The van der Waals surface area contributed by atoms with Gasteiger partial charge in [-0.1, -0.05) is 6.42 Å². The molecule has 4 aliphatic rings. The summed E-state index contributed by atoms with van der Waals surface area (Å²) in [7, 11) is 0. The van der Waals surface area contributed by atoms with Crippen LogP contribution in [0.2, 0.25) is 0 Å². The normalized spacial score (nSPS) is 43.0. The fourth-order valence-corrected chi connectivity index (χ4v) is 6.07. The Bertz CT molecular complexity index is 403. The highest BCUT2D eigenvalue weighted by molar-refractivity contribution is 5.06. The smallest absolute Gasteiger partial charge is 0.311 e. The van der Waals surface area contributed by atoms with Gasteiger partial charge in [0.2, 0.25) is 0 Å². The lowest BCUT2D eigenvalue weighted by Gasteiger charge is -2.38. The summed E-state index contributed by atoms with van der Waals surface area (Å²) in [5.41, 5.74) is 0. The van der Waals surface area contributed by atoms with Gasteiger partial charge >= 0.3 is 6.18 Å². The third-order valence-electron chi connectivity index (χ3n) is 6.87. The Morgan fingerprint density at radius 2 is 1.64 bits per heavy atom. The summed E-state index contributed by atoms with van der Waals surface area (Å²) in [5.74, 6) is 3.78. The van der Waals surface area contributed by atoms with Crippen molar-refractivity contribution in [2.75, 3.05) is 19.6 Å². The summed E-state index contributed by atoms with van der Waals surface area (Å²) in [6.07, 6.45) is 4.74. The van der Waals surface area contributed by atoms with E-state index in [0.717, 1.165) is 36.5 Å². The number of rotatable bonds is 3. The van der Waals surface area contributed by atoms with Crippen molar-refractivity contribution in [2.24, 2.45) is 23.7 Å². The summed E-state index contributed by atoms with van der Waals surface area (Å²) >= 11 is 0. The van der Waals surface area contributed by atoms with E-state index >= 15 is 0 Å². The first-order valence-electron chi connectivity index (χ1n) is 9.05. The van der Waals surface area contributed by atoms with E-state index in [1.807, 2.05) is 0 Å². The lowest BCUT2D eigenvalue weighted by molar-refractivity contribution is -0.148. The van der Waals surface area contributed by atoms with Crippen LogP contribution in [0.3, 0.4) is 0 Å². The van der Waals surface area contributed by atoms with Crippen molar-refractivity contribution in [1.82, 2.24) is 10.2 Å². The number of hydrogen-bond acceptors (Lipinski definition) is 2. The Balaban J connectivity index is 1.26. The van der Waals surface area contributed by atoms with Crippen LogP contribution >= 0.6 is 0 Å². The van der Waals surface area contributed by atoms with Crippen molar-refractivity contribution in [3.8, 4) is 0 Å². The van der Waals surface area contributed by atoms with Crippen molar-refractivity contribution in [1.29, 1.82) is 0 Å². The van der Waals surface area contributed by atoms with Crippen LogP contribution in [0.15, 0.2) is 0 Å². The van der Waals surface area contributed by atoms with E-state index < -0.39 is 12.7 Å². The molecule has 0 aromatic heterocycles. The summed E-state index contributed by atoms with van der Waals surface area (Å²) in [6.45, 7) is 0.436. The number of nitrogens with zero attached hydrogens (tertiary/aromatic N) is 1. The van der Waals surface area contributed by atoms with Crippen LogP contribution in [0.25, 0.3) is 0 Å². The largest absolute Gasteiger partial charge is 0.401 e. The molecule has 22 heavy (non-hydrogen) atoms. The van der Waals surface area contributed by atoms with Gasteiger partial charge in [-0.15, -0.1) is 0 Å². The fraction of sp³-hybridized carbons (Fsp3) is 1.00. The third kappa shape index (κ3) is 2.91. The molecular formula is C17H27F3N2. The predicted octanol–water partition coefficient (Wildman–Crippen LogP) is 3.43. The first kappa shape index (κ1) is 15.3. The topological polar surface area (TPSA) is 15.3 Å². The van der Waals surface area contributed by atoms with Crippen LogP contribution in [0.4, 0.5) is 13.2 Å². The van der Waals surface area contributed by atoms with Crippen LogP contribution in [0.1, 0.15) is 44.9 Å². The number of likely N-dealkylation sites (tertiary alicyclic amines) is 1. The molecule has 3 saturated carbocycles. The molecule has 5 unspecified atom stereocenters. The standard InChI is InChI=1S/C17H27F3N2/c18-17(19,20)10-22-6-4-12(5-7-22)21-16-9-11-8-15(16)14-3-1-2-13(11)14/h11-16,21H,1-10H2. The lowest BCUT2D eigenvalue weighted by Crippen LogP contribution is -2.50. The van der Waals surface area contributed by atoms with Gasteiger partial charge < -0.3 is 5.32 Å². The molecule has 5 heteroatoms. The first-order chi connectivity index (χ1) is 10.5. The predicted molar refractivity (Wildman–Crippen MR) is 79.5 cm³/mol. The first-order valence-corrected chi connectivity index (χ1v) is 9.05. The molecule has 3 aliphatic carbocycles. The zero-order valence-corrected chi connectivity index (χ0v) is 13.1. The van der Waals surface area contributed by atoms with Gasteiger partial charge in [0.15, 0.2) is 0 Å². The third-order valence-corrected chi connectivity index (χ3v) is 6.87. The van der Waals surface area contributed by atoms with E-state index in [1.54, 1.807) is 4.90 Å². The molecule has 0 amide bonds. The molecule has 0 aromatic carbocycles. The van der Waals surface area contributed by atoms with Gasteiger partial charge in [-0.2, -0.15) is 13.2 Å². The minimum Gasteiger partial charge on any atom is -0.311 e. The minimum absolute atomic E-state index is 0.439. The second-order valence-corrected chi connectivity index (χ2v) is 8.09. The average molecular weight is 316 g/mol. The van der Waals surface area contributed by atoms with Gasteiger partial charge in [0.1, 0.15) is 0 Å². The molecule has 2 nitrogen and oxygen atoms in total. The second kappa shape index (κ2) is 5.66. The van der Waals surface area contributed by atoms with Crippen LogP contribution in [-0.4, -0.2) is 42.8 Å². The Kier molecular flexibility index (Phi) is 3.92. The van der Waals surface area contributed by atoms with Gasteiger partial charge in [-0.25, -0.2) is 0 Å². The van der Waals surface area contributed by atoms with Crippen molar-refractivity contribution >= 4 is 0 Å². The summed E-state index contributed by atoms with van der Waals surface area (Å²) in [6, 6.07) is 1.09. The zero-order chi connectivity index (χ0) is 15.3. The maximum absolute atomic E-state index is 12.4. The van der Waals surface area contributed by atoms with Crippen molar-refractivity contribution in [3.05, 3.63) is 0 Å². The minimum atomic E-state index is -4.05. The van der Waals surface area contributed by atoms with Gasteiger partial charge in [0.25, 0.3) is 0 Å². The molecule has 4 rings (SSSR count). The van der Waals surface area contributed by atoms with Gasteiger partial charge in [0.05, 0.1) is 6.54 Å². The maximum Gasteiger partial charge on any atom is 0.401 e. The van der Waals surface area contributed by atoms with Gasteiger partial charge in [-0.05, 0) is 75.3 Å². The van der Waals surface area contributed by atoms with E-state index in [9.17, 15) is 13.2 Å². The van der Waals surface area contributed by atoms with Crippen molar-refractivity contribution < 1.29 is 13.2 Å². The molecule has 1 saturated heterocycles. The van der Waals surface area contributed by atoms with Crippen LogP contribution in [-0.2, 0) is 0 Å². The number of nitrogens with one attached hydrogen (secondary N) is 1. The second-order valence-electron chi connectivity index (χ2n) is 8.09. The molecule has 2 bridgehead atoms. The highest BCUT2D eigenvalue weighted by Gasteiger charge is 2.53. The molecule has 0 aromatic rings. The molecule has 1 aliphatic heterocycles. The maximum atomic E-state index is 12.4. The Hall–Kier alpha value is -0.290. The fourth-order valence-electron chi connectivity index (χ4n) is 6.07. The SMILES string of the molecule is FC(F)(F)CN1CCC(NC2CC3CC2C2CCCC32)CC1. The highest BCUT2D eigenvalue weighted by atomic mass is 19.4. The van der Waals surface area contributed by atoms with Gasteiger partial charge in [-0.3, -0.25) is 4.90 Å².